The van der Waals surface area contributed by atoms with E-state index < -0.39 is 0 Å². The Morgan fingerprint density at radius 3 is 1.52 bits per heavy atom. The molecule has 0 bridgehead atoms. The normalized spacial score (nSPS) is 10.6. The number of anilines is 3. The summed E-state index contributed by atoms with van der Waals surface area (Å²) in [6.45, 7) is 8.18. The first kappa shape index (κ1) is 18.8. The Morgan fingerprint density at radius 1 is 0.586 bits per heavy atom. The second kappa shape index (κ2) is 8.20. The molecular formula is C28H25N. The highest BCUT2D eigenvalue weighted by Gasteiger charge is 2.12. The third-order valence-electron chi connectivity index (χ3n) is 5.20. The molecular weight excluding hydrogens is 350 g/mol. The van der Waals surface area contributed by atoms with Gasteiger partial charge in [-0.25, -0.2) is 0 Å². The Kier molecular flexibility index (Phi) is 5.31. The molecule has 0 aliphatic heterocycles. The number of aryl methyl sites for hydroxylation is 2. The van der Waals surface area contributed by atoms with Gasteiger partial charge in [-0.1, -0.05) is 84.4 Å². The Bertz CT molecular complexity index is 1060. The molecule has 0 aromatic heterocycles. The molecule has 4 aromatic carbocycles. The zero-order valence-corrected chi connectivity index (χ0v) is 17.0. The molecule has 4 rings (SSSR count). The van der Waals surface area contributed by atoms with Crippen LogP contribution >= 0.6 is 0 Å². The van der Waals surface area contributed by atoms with Crippen LogP contribution in [-0.4, -0.2) is 0 Å². The van der Waals surface area contributed by atoms with Gasteiger partial charge < -0.3 is 4.90 Å². The topological polar surface area (TPSA) is 3.24 Å². The van der Waals surface area contributed by atoms with Crippen LogP contribution in [0.3, 0.4) is 0 Å². The summed E-state index contributed by atoms with van der Waals surface area (Å²) in [4.78, 5) is 2.29. The summed E-state index contributed by atoms with van der Waals surface area (Å²) < 4.78 is 0. The lowest BCUT2D eigenvalue weighted by Crippen LogP contribution is -2.09. The summed E-state index contributed by atoms with van der Waals surface area (Å²) in [7, 11) is 0. The second-order valence-corrected chi connectivity index (χ2v) is 7.34. The third kappa shape index (κ3) is 4.00. The minimum absolute atomic E-state index is 1.14. The predicted molar refractivity (Wildman–Crippen MR) is 126 cm³/mol. The van der Waals surface area contributed by atoms with Crippen molar-refractivity contribution in [2.75, 3.05) is 4.90 Å². The third-order valence-corrected chi connectivity index (χ3v) is 5.20. The van der Waals surface area contributed by atoms with E-state index in [1.807, 2.05) is 12.1 Å². The zero-order valence-electron chi connectivity index (χ0n) is 17.0. The molecule has 0 atom stereocenters. The van der Waals surface area contributed by atoms with E-state index in [2.05, 4.69) is 116 Å². The maximum atomic E-state index is 3.95. The van der Waals surface area contributed by atoms with E-state index in [0.717, 1.165) is 22.6 Å². The summed E-state index contributed by atoms with van der Waals surface area (Å²) in [6, 6.07) is 34.5. The minimum atomic E-state index is 1.14. The van der Waals surface area contributed by atoms with Gasteiger partial charge in [0.05, 0.1) is 0 Å². The summed E-state index contributed by atoms with van der Waals surface area (Å²) in [5.41, 5.74) is 9.50. The van der Waals surface area contributed by atoms with Crippen molar-refractivity contribution in [1.82, 2.24) is 0 Å². The van der Waals surface area contributed by atoms with Gasteiger partial charge in [0, 0.05) is 17.1 Å². The zero-order chi connectivity index (χ0) is 20.2. The van der Waals surface area contributed by atoms with Crippen molar-refractivity contribution in [3.63, 3.8) is 0 Å². The van der Waals surface area contributed by atoms with Gasteiger partial charge in [-0.15, -0.1) is 0 Å². The fourth-order valence-electron chi connectivity index (χ4n) is 3.56. The van der Waals surface area contributed by atoms with Gasteiger partial charge in [0.2, 0.25) is 0 Å². The van der Waals surface area contributed by atoms with Crippen molar-refractivity contribution < 1.29 is 0 Å². The maximum absolute atomic E-state index is 3.95. The molecule has 0 aliphatic rings. The fourth-order valence-corrected chi connectivity index (χ4v) is 3.56. The van der Waals surface area contributed by atoms with Crippen LogP contribution < -0.4 is 4.90 Å². The van der Waals surface area contributed by atoms with Crippen molar-refractivity contribution >= 4 is 23.1 Å². The predicted octanol–water partition coefficient (Wildman–Crippen LogP) is 8.08. The smallest absolute Gasteiger partial charge is 0.0462 e. The molecule has 0 heterocycles. The Hall–Kier alpha value is -3.58. The van der Waals surface area contributed by atoms with Gasteiger partial charge in [0.15, 0.2) is 0 Å². The van der Waals surface area contributed by atoms with E-state index in [1.165, 1.54) is 22.3 Å². The van der Waals surface area contributed by atoms with Crippen molar-refractivity contribution in [2.24, 2.45) is 0 Å². The van der Waals surface area contributed by atoms with Crippen LogP contribution in [0.1, 0.15) is 16.7 Å². The lowest BCUT2D eigenvalue weighted by atomic mass is 9.99. The lowest BCUT2D eigenvalue weighted by molar-refractivity contribution is 1.27. The van der Waals surface area contributed by atoms with Gasteiger partial charge in [-0.3, -0.25) is 0 Å². The molecule has 0 saturated carbocycles. The average molecular weight is 376 g/mol. The van der Waals surface area contributed by atoms with Crippen molar-refractivity contribution in [2.45, 2.75) is 13.8 Å². The van der Waals surface area contributed by atoms with Gasteiger partial charge in [-0.05, 0) is 66.9 Å². The molecule has 0 radical (unpaired) electrons. The van der Waals surface area contributed by atoms with E-state index in [4.69, 9.17) is 0 Å². The molecule has 0 saturated heterocycles. The van der Waals surface area contributed by atoms with Crippen LogP contribution in [0.25, 0.3) is 17.2 Å². The molecule has 4 aromatic rings. The van der Waals surface area contributed by atoms with E-state index in [-0.39, 0.29) is 0 Å². The highest BCUT2D eigenvalue weighted by molar-refractivity contribution is 5.80. The molecule has 0 fully saturated rings. The van der Waals surface area contributed by atoms with E-state index >= 15 is 0 Å². The van der Waals surface area contributed by atoms with E-state index in [9.17, 15) is 0 Å². The Balaban J connectivity index is 1.77. The minimum Gasteiger partial charge on any atom is -0.311 e. The van der Waals surface area contributed by atoms with Crippen molar-refractivity contribution in [1.29, 1.82) is 0 Å². The molecule has 29 heavy (non-hydrogen) atoms. The van der Waals surface area contributed by atoms with Crippen molar-refractivity contribution in [3.8, 4) is 11.1 Å². The number of benzene rings is 4. The average Bonchev–Trinajstić information content (AvgIpc) is 2.77. The largest absolute Gasteiger partial charge is 0.311 e. The first-order chi connectivity index (χ1) is 14.2. The van der Waals surface area contributed by atoms with Gasteiger partial charge in [-0.2, -0.15) is 0 Å². The van der Waals surface area contributed by atoms with Gasteiger partial charge in [0.1, 0.15) is 0 Å². The molecule has 0 spiro atoms. The van der Waals surface area contributed by atoms with Crippen LogP contribution in [0.2, 0.25) is 0 Å². The van der Waals surface area contributed by atoms with Crippen LogP contribution in [0.5, 0.6) is 0 Å². The molecule has 0 unspecified atom stereocenters. The number of hydrogen-bond acceptors (Lipinski definition) is 1. The quantitative estimate of drug-likeness (QED) is 0.341. The lowest BCUT2D eigenvalue weighted by Gasteiger charge is -2.26. The van der Waals surface area contributed by atoms with Crippen molar-refractivity contribution in [3.05, 3.63) is 120 Å². The number of nitrogens with zero attached hydrogens (tertiary/aromatic N) is 1. The summed E-state index contributed by atoms with van der Waals surface area (Å²) >= 11 is 0. The van der Waals surface area contributed by atoms with Crippen LogP contribution in [0, 0.1) is 13.8 Å². The molecule has 1 heteroatoms. The maximum Gasteiger partial charge on any atom is 0.0462 e. The standard InChI is InChI=1S/C28H25N/c1-4-23-7-5-6-8-28(23)24-13-19-27(20-14-24)29(25-15-9-21(2)10-16-25)26-17-11-22(3)12-18-26/h4-20H,1H2,2-3H3. The molecule has 0 N–H and O–H groups in total. The highest BCUT2D eigenvalue weighted by atomic mass is 15.1. The second-order valence-electron chi connectivity index (χ2n) is 7.34. The first-order valence-electron chi connectivity index (χ1n) is 9.91. The summed E-state index contributed by atoms with van der Waals surface area (Å²) in [5.74, 6) is 0. The van der Waals surface area contributed by atoms with E-state index in [1.54, 1.807) is 0 Å². The van der Waals surface area contributed by atoms with Gasteiger partial charge >= 0.3 is 0 Å². The Morgan fingerprint density at radius 2 is 1.03 bits per heavy atom. The fraction of sp³-hybridized carbons (Fsp3) is 0.0714. The first-order valence-corrected chi connectivity index (χ1v) is 9.91. The SMILES string of the molecule is C=Cc1ccccc1-c1ccc(N(c2ccc(C)cc2)c2ccc(C)cc2)cc1. The molecule has 142 valence electrons. The van der Waals surface area contributed by atoms with Crippen LogP contribution in [-0.2, 0) is 0 Å². The number of hydrogen-bond donors (Lipinski definition) is 0. The monoisotopic (exact) mass is 375 g/mol. The summed E-state index contributed by atoms with van der Waals surface area (Å²) in [6.07, 6.45) is 1.91. The highest BCUT2D eigenvalue weighted by Crippen LogP contribution is 2.36. The molecule has 1 nitrogen and oxygen atoms in total. The number of rotatable bonds is 5. The van der Waals surface area contributed by atoms with Gasteiger partial charge in [0.25, 0.3) is 0 Å². The molecule has 0 aliphatic carbocycles. The Labute approximate surface area is 173 Å². The van der Waals surface area contributed by atoms with Crippen LogP contribution in [0.4, 0.5) is 17.1 Å². The molecule has 0 amide bonds. The summed E-state index contributed by atoms with van der Waals surface area (Å²) in [5, 5.41) is 0. The van der Waals surface area contributed by atoms with Crippen LogP contribution in [0.15, 0.2) is 104 Å². The van der Waals surface area contributed by atoms with E-state index in [0.29, 0.717) is 0 Å².